The number of aliphatic hydroxyl groups excluding tert-OH is 1. The molecule has 1 amide bonds. The van der Waals surface area contributed by atoms with E-state index in [2.05, 4.69) is 29.5 Å². The van der Waals surface area contributed by atoms with Crippen LogP contribution >= 0.6 is 11.6 Å². The van der Waals surface area contributed by atoms with Crippen molar-refractivity contribution < 1.29 is 9.90 Å². The second-order valence-electron chi connectivity index (χ2n) is 7.54. The van der Waals surface area contributed by atoms with E-state index in [1.165, 1.54) is 0 Å². The molecule has 3 N–H and O–H groups in total. The van der Waals surface area contributed by atoms with Crippen molar-refractivity contribution in [1.29, 1.82) is 0 Å². The summed E-state index contributed by atoms with van der Waals surface area (Å²) in [6.07, 6.45) is 2.93. The van der Waals surface area contributed by atoms with Gasteiger partial charge in [0.25, 0.3) is 0 Å². The van der Waals surface area contributed by atoms with E-state index in [1.54, 1.807) is 12.1 Å². The molecule has 1 fully saturated rings. The van der Waals surface area contributed by atoms with E-state index < -0.39 is 6.10 Å². The molecule has 0 saturated carbocycles. The van der Waals surface area contributed by atoms with Crippen LogP contribution in [0.5, 0.6) is 0 Å². The number of nitrogens with zero attached hydrogens (tertiary/aromatic N) is 2. The van der Waals surface area contributed by atoms with Crippen LogP contribution in [0.25, 0.3) is 0 Å². The highest BCUT2D eigenvalue weighted by Crippen LogP contribution is 2.18. The van der Waals surface area contributed by atoms with Crippen molar-refractivity contribution in [3.8, 4) is 0 Å². The first-order chi connectivity index (χ1) is 14.0. The number of guanidine groups is 1. The lowest BCUT2D eigenvalue weighted by Gasteiger charge is -2.35. The van der Waals surface area contributed by atoms with Gasteiger partial charge in [0.15, 0.2) is 5.96 Å². The number of hydrogen-bond donors (Lipinski definition) is 3. The largest absolute Gasteiger partial charge is 0.386 e. The maximum Gasteiger partial charge on any atom is 0.225 e. The minimum atomic E-state index is -0.679. The number of aliphatic imine (C=N–C) groups is 1. The summed E-state index contributed by atoms with van der Waals surface area (Å²) < 4.78 is 0. The molecule has 0 spiro atoms. The second kappa shape index (κ2) is 12.0. The number of likely N-dealkylation sites (tertiary alicyclic amines) is 1. The van der Waals surface area contributed by atoms with Crippen molar-refractivity contribution in [3.05, 3.63) is 34.9 Å². The minimum absolute atomic E-state index is 0.146. The monoisotopic (exact) mass is 422 g/mol. The molecule has 1 aliphatic heterocycles. The number of carbonyl (C=O) groups is 1. The highest BCUT2D eigenvalue weighted by atomic mass is 35.5. The van der Waals surface area contributed by atoms with E-state index in [4.69, 9.17) is 11.6 Å². The van der Waals surface area contributed by atoms with Gasteiger partial charge in [-0.15, -0.1) is 0 Å². The molecule has 1 heterocycles. The molecular formula is C22H35ClN4O2. The standard InChI is InChI=1S/C22H35ClN4O2/c1-4-16(5-2)21(29)27-13-11-19(12-14-27)26-22(24-6-3)25-15-20(28)17-7-9-18(23)10-8-17/h7-10,16,19-20,28H,4-6,11-15H2,1-3H3,(H2,24,25,26). The minimum Gasteiger partial charge on any atom is -0.386 e. The Morgan fingerprint density at radius 1 is 1.21 bits per heavy atom. The highest BCUT2D eigenvalue weighted by molar-refractivity contribution is 6.30. The van der Waals surface area contributed by atoms with Gasteiger partial charge in [0.05, 0.1) is 12.6 Å². The van der Waals surface area contributed by atoms with Gasteiger partial charge in [-0.3, -0.25) is 9.79 Å². The van der Waals surface area contributed by atoms with Crippen LogP contribution < -0.4 is 10.6 Å². The summed E-state index contributed by atoms with van der Waals surface area (Å²) in [6, 6.07) is 7.44. The van der Waals surface area contributed by atoms with Crippen LogP contribution in [0.3, 0.4) is 0 Å². The van der Waals surface area contributed by atoms with Crippen LogP contribution in [0, 0.1) is 5.92 Å². The SMILES string of the molecule is CCNC(=NCC(O)c1ccc(Cl)cc1)NC1CCN(C(=O)C(CC)CC)CC1. The Bertz CT molecular complexity index is 653. The van der Waals surface area contributed by atoms with Crippen molar-refractivity contribution >= 4 is 23.5 Å². The van der Waals surface area contributed by atoms with Crippen molar-refractivity contribution in [2.75, 3.05) is 26.2 Å². The number of benzene rings is 1. The summed E-state index contributed by atoms with van der Waals surface area (Å²) >= 11 is 5.90. The number of carbonyl (C=O) groups excluding carboxylic acids is 1. The second-order valence-corrected chi connectivity index (χ2v) is 7.98. The van der Waals surface area contributed by atoms with Crippen LogP contribution in [0.1, 0.15) is 58.1 Å². The first-order valence-electron chi connectivity index (χ1n) is 10.8. The van der Waals surface area contributed by atoms with Gasteiger partial charge in [0.2, 0.25) is 5.91 Å². The Balaban J connectivity index is 1.88. The maximum atomic E-state index is 12.6. The predicted molar refractivity (Wildman–Crippen MR) is 119 cm³/mol. The molecule has 1 aromatic rings. The van der Waals surface area contributed by atoms with Gasteiger partial charge in [-0.1, -0.05) is 37.6 Å². The van der Waals surface area contributed by atoms with Gasteiger partial charge < -0.3 is 20.6 Å². The normalized spacial score (nSPS) is 16.8. The summed E-state index contributed by atoms with van der Waals surface area (Å²) in [4.78, 5) is 19.1. The Labute approximate surface area is 179 Å². The predicted octanol–water partition coefficient (Wildman–Crippen LogP) is 3.36. The van der Waals surface area contributed by atoms with E-state index >= 15 is 0 Å². The van der Waals surface area contributed by atoms with Crippen LogP contribution in [0.15, 0.2) is 29.3 Å². The number of hydrogen-bond acceptors (Lipinski definition) is 3. The molecule has 0 aromatic heterocycles. The summed E-state index contributed by atoms with van der Waals surface area (Å²) in [5.74, 6) is 1.14. The van der Waals surface area contributed by atoms with Gasteiger partial charge in [-0.05, 0) is 50.3 Å². The molecule has 6 nitrogen and oxygen atoms in total. The van der Waals surface area contributed by atoms with Crippen molar-refractivity contribution in [1.82, 2.24) is 15.5 Å². The van der Waals surface area contributed by atoms with E-state index in [-0.39, 0.29) is 18.5 Å². The van der Waals surface area contributed by atoms with Gasteiger partial charge >= 0.3 is 0 Å². The van der Waals surface area contributed by atoms with Gasteiger partial charge in [-0.25, -0.2) is 0 Å². The maximum absolute atomic E-state index is 12.6. The number of piperidine rings is 1. The molecule has 0 bridgehead atoms. The molecule has 1 saturated heterocycles. The van der Waals surface area contributed by atoms with E-state index in [9.17, 15) is 9.90 Å². The molecule has 0 radical (unpaired) electrons. The highest BCUT2D eigenvalue weighted by Gasteiger charge is 2.26. The molecule has 2 rings (SSSR count). The number of amides is 1. The van der Waals surface area contributed by atoms with Crippen molar-refractivity contribution in [2.45, 2.75) is 58.6 Å². The zero-order valence-corrected chi connectivity index (χ0v) is 18.6. The van der Waals surface area contributed by atoms with Gasteiger partial charge in [-0.2, -0.15) is 0 Å². The average molecular weight is 423 g/mol. The molecule has 29 heavy (non-hydrogen) atoms. The third-order valence-corrected chi connectivity index (χ3v) is 5.76. The first-order valence-corrected chi connectivity index (χ1v) is 11.1. The fraction of sp³-hybridized carbons (Fsp3) is 0.636. The summed E-state index contributed by atoms with van der Waals surface area (Å²) in [7, 11) is 0. The Kier molecular flexibility index (Phi) is 9.74. The molecule has 0 aliphatic carbocycles. The van der Waals surface area contributed by atoms with E-state index in [0.29, 0.717) is 16.9 Å². The fourth-order valence-electron chi connectivity index (χ4n) is 3.62. The van der Waals surface area contributed by atoms with E-state index in [0.717, 1.165) is 50.9 Å². The molecule has 162 valence electrons. The molecule has 1 aromatic carbocycles. The summed E-state index contributed by atoms with van der Waals surface area (Å²) in [5, 5.41) is 17.7. The number of halogens is 1. The van der Waals surface area contributed by atoms with Crippen LogP contribution in [-0.2, 0) is 4.79 Å². The fourth-order valence-corrected chi connectivity index (χ4v) is 3.75. The smallest absolute Gasteiger partial charge is 0.225 e. The first kappa shape index (κ1) is 23.5. The van der Waals surface area contributed by atoms with Crippen molar-refractivity contribution in [3.63, 3.8) is 0 Å². The molecule has 7 heteroatoms. The summed E-state index contributed by atoms with van der Waals surface area (Å²) in [6.45, 7) is 8.75. The number of rotatable bonds is 8. The molecular weight excluding hydrogens is 388 g/mol. The third-order valence-electron chi connectivity index (χ3n) is 5.50. The quantitative estimate of drug-likeness (QED) is 0.443. The Morgan fingerprint density at radius 2 is 1.83 bits per heavy atom. The molecule has 1 atom stereocenters. The lowest BCUT2D eigenvalue weighted by Crippen LogP contribution is -2.50. The van der Waals surface area contributed by atoms with Gasteiger partial charge in [0, 0.05) is 36.6 Å². The lowest BCUT2D eigenvalue weighted by atomic mass is 9.98. The third kappa shape index (κ3) is 7.19. The lowest BCUT2D eigenvalue weighted by molar-refractivity contribution is -0.136. The Hall–Kier alpha value is -1.79. The molecule has 1 unspecified atom stereocenters. The van der Waals surface area contributed by atoms with Crippen LogP contribution in [-0.4, -0.2) is 54.1 Å². The van der Waals surface area contributed by atoms with Crippen LogP contribution in [0.4, 0.5) is 0 Å². The number of aliphatic hydroxyl groups is 1. The zero-order chi connectivity index (χ0) is 21.2. The van der Waals surface area contributed by atoms with Crippen LogP contribution in [0.2, 0.25) is 5.02 Å². The van der Waals surface area contributed by atoms with Crippen molar-refractivity contribution in [2.24, 2.45) is 10.9 Å². The Morgan fingerprint density at radius 3 is 2.38 bits per heavy atom. The summed E-state index contributed by atoms with van der Waals surface area (Å²) in [5.41, 5.74) is 0.794. The van der Waals surface area contributed by atoms with Gasteiger partial charge in [0.1, 0.15) is 0 Å². The van der Waals surface area contributed by atoms with E-state index in [1.807, 2.05) is 24.0 Å². The zero-order valence-electron chi connectivity index (χ0n) is 17.8. The molecule has 1 aliphatic rings. The number of nitrogens with one attached hydrogen (secondary N) is 2. The average Bonchev–Trinajstić information content (AvgIpc) is 2.73. The topological polar surface area (TPSA) is 77.0 Å².